The van der Waals surface area contributed by atoms with Crippen molar-refractivity contribution in [2.45, 2.75) is 56.4 Å². The third-order valence-corrected chi connectivity index (χ3v) is 8.25. The van der Waals surface area contributed by atoms with E-state index in [1.807, 2.05) is 6.92 Å². The Kier molecular flexibility index (Phi) is 6.25. The molecule has 30 heavy (non-hydrogen) atoms. The average Bonchev–Trinajstić information content (AvgIpc) is 2.79. The molecule has 4 rings (SSSR count). The Hall–Kier alpha value is -2.18. The molecule has 1 aliphatic carbocycles. The van der Waals surface area contributed by atoms with Crippen LogP contribution in [0.25, 0.3) is 0 Å². The molecule has 2 aliphatic rings. The van der Waals surface area contributed by atoms with E-state index < -0.39 is 10.0 Å². The molecule has 2 unspecified atom stereocenters. The van der Waals surface area contributed by atoms with Gasteiger partial charge in [0, 0.05) is 13.1 Å². The predicted octanol–water partition coefficient (Wildman–Crippen LogP) is 3.84. The number of nitrogens with zero attached hydrogens (tertiary/aromatic N) is 1. The molecule has 0 spiro atoms. The number of nitrogens with one attached hydrogen (secondary N) is 1. The molecule has 1 N–H and O–H groups in total. The van der Waals surface area contributed by atoms with Gasteiger partial charge in [0.25, 0.3) is 0 Å². The number of hydrogen-bond donors (Lipinski definition) is 1. The smallest absolute Gasteiger partial charge is 0.243 e. The molecule has 0 saturated carbocycles. The molecule has 160 valence electrons. The van der Waals surface area contributed by atoms with Gasteiger partial charge in [-0.05, 0) is 74.3 Å². The Balaban J connectivity index is 1.42. The first-order valence-electron chi connectivity index (χ1n) is 10.9. The number of carbonyl (C=O) groups is 1. The number of aryl methyl sites for hydroxylation is 2. The van der Waals surface area contributed by atoms with Crippen molar-refractivity contribution in [1.82, 2.24) is 9.62 Å². The fraction of sp³-hybridized carbons (Fsp3) is 0.458. The van der Waals surface area contributed by atoms with Gasteiger partial charge in [0.05, 0.1) is 16.9 Å². The molecular weight excluding hydrogens is 396 g/mol. The number of hydrogen-bond acceptors (Lipinski definition) is 3. The zero-order valence-corrected chi connectivity index (χ0v) is 18.3. The summed E-state index contributed by atoms with van der Waals surface area (Å²) in [5, 5.41) is 3.12. The molecule has 2 aromatic rings. The van der Waals surface area contributed by atoms with E-state index >= 15 is 0 Å². The van der Waals surface area contributed by atoms with Gasteiger partial charge >= 0.3 is 0 Å². The highest BCUT2D eigenvalue weighted by Gasteiger charge is 2.33. The van der Waals surface area contributed by atoms with Gasteiger partial charge < -0.3 is 5.32 Å². The van der Waals surface area contributed by atoms with Crippen molar-refractivity contribution in [2.24, 2.45) is 5.92 Å². The lowest BCUT2D eigenvalue weighted by molar-refractivity contribution is -0.126. The molecule has 0 radical (unpaired) electrons. The van der Waals surface area contributed by atoms with Crippen LogP contribution in [0, 0.1) is 5.92 Å². The molecule has 1 aliphatic heterocycles. The monoisotopic (exact) mass is 426 g/mol. The third kappa shape index (κ3) is 4.44. The van der Waals surface area contributed by atoms with Crippen LogP contribution in [0.1, 0.15) is 55.3 Å². The van der Waals surface area contributed by atoms with Crippen LogP contribution in [0.15, 0.2) is 53.4 Å². The number of amides is 1. The van der Waals surface area contributed by atoms with Gasteiger partial charge in [-0.1, -0.05) is 36.4 Å². The second-order valence-corrected chi connectivity index (χ2v) is 10.4. The van der Waals surface area contributed by atoms with Crippen LogP contribution in [0.4, 0.5) is 0 Å². The zero-order chi connectivity index (χ0) is 21.1. The van der Waals surface area contributed by atoms with E-state index in [0.717, 1.165) is 18.4 Å². The van der Waals surface area contributed by atoms with Crippen molar-refractivity contribution in [3.63, 3.8) is 0 Å². The van der Waals surface area contributed by atoms with E-state index in [2.05, 4.69) is 23.5 Å². The number of sulfonamides is 1. The molecule has 0 aromatic heterocycles. The lowest BCUT2D eigenvalue weighted by Gasteiger charge is -2.32. The Labute approximate surface area is 179 Å². The van der Waals surface area contributed by atoms with Gasteiger partial charge in [-0.25, -0.2) is 8.42 Å². The second-order valence-electron chi connectivity index (χ2n) is 8.48. The maximum absolute atomic E-state index is 12.9. The topological polar surface area (TPSA) is 66.5 Å². The van der Waals surface area contributed by atoms with Gasteiger partial charge in [0.15, 0.2) is 0 Å². The van der Waals surface area contributed by atoms with Crippen LogP contribution in [0.3, 0.4) is 0 Å². The lowest BCUT2D eigenvalue weighted by atomic mass is 9.89. The number of benzene rings is 2. The quantitative estimate of drug-likeness (QED) is 0.790. The minimum absolute atomic E-state index is 0.0619. The summed E-state index contributed by atoms with van der Waals surface area (Å²) in [5.41, 5.74) is 3.95. The standard InChI is InChI=1S/C24H30N2O3S/c1-18(20-14-13-19-8-5-6-9-21(19)16-20)25-24(27)22-10-7-15-26(17-22)30(28,29)23-11-3-2-4-12-23/h2-4,11-14,16,18,22H,5-10,15,17H2,1H3,(H,25,27). The highest BCUT2D eigenvalue weighted by atomic mass is 32.2. The Bertz CT molecular complexity index is 1000. The van der Waals surface area contributed by atoms with E-state index in [0.29, 0.717) is 19.4 Å². The van der Waals surface area contributed by atoms with Crippen molar-refractivity contribution in [3.8, 4) is 0 Å². The van der Waals surface area contributed by atoms with E-state index in [1.54, 1.807) is 30.3 Å². The normalized spacial score (nSPS) is 20.9. The number of piperidine rings is 1. The third-order valence-electron chi connectivity index (χ3n) is 6.37. The Morgan fingerprint density at radius 2 is 1.77 bits per heavy atom. The summed E-state index contributed by atoms with van der Waals surface area (Å²) in [7, 11) is -3.57. The number of carbonyl (C=O) groups excluding carboxylic acids is 1. The van der Waals surface area contributed by atoms with E-state index in [9.17, 15) is 13.2 Å². The SMILES string of the molecule is CC(NC(=O)C1CCCN(S(=O)(=O)c2ccccc2)C1)c1ccc2c(c1)CCCC2. The number of rotatable bonds is 5. The first kappa shape index (κ1) is 21.1. The minimum Gasteiger partial charge on any atom is -0.349 e. The van der Waals surface area contributed by atoms with Gasteiger partial charge in [0.2, 0.25) is 15.9 Å². The highest BCUT2D eigenvalue weighted by Crippen LogP contribution is 2.27. The Morgan fingerprint density at radius 1 is 1.03 bits per heavy atom. The summed E-state index contributed by atoms with van der Waals surface area (Å²) in [6.07, 6.45) is 6.14. The molecule has 1 saturated heterocycles. The van der Waals surface area contributed by atoms with Gasteiger partial charge in [-0.15, -0.1) is 0 Å². The minimum atomic E-state index is -3.57. The van der Waals surface area contributed by atoms with Gasteiger partial charge in [-0.2, -0.15) is 4.31 Å². The molecule has 5 nitrogen and oxygen atoms in total. The summed E-state index contributed by atoms with van der Waals surface area (Å²) in [4.78, 5) is 13.2. The zero-order valence-electron chi connectivity index (χ0n) is 17.5. The molecule has 1 amide bonds. The molecule has 1 heterocycles. The van der Waals surface area contributed by atoms with Crippen molar-refractivity contribution in [2.75, 3.05) is 13.1 Å². The summed E-state index contributed by atoms with van der Waals surface area (Å²) in [5.74, 6) is -0.384. The van der Waals surface area contributed by atoms with Crippen molar-refractivity contribution in [1.29, 1.82) is 0 Å². The average molecular weight is 427 g/mol. The molecule has 2 aromatic carbocycles. The van der Waals surface area contributed by atoms with Crippen LogP contribution < -0.4 is 5.32 Å². The Morgan fingerprint density at radius 3 is 2.53 bits per heavy atom. The fourth-order valence-electron chi connectivity index (χ4n) is 4.55. The number of fused-ring (bicyclic) bond motifs is 1. The molecule has 1 fully saturated rings. The fourth-order valence-corrected chi connectivity index (χ4v) is 6.10. The van der Waals surface area contributed by atoms with E-state index in [-0.39, 0.29) is 29.3 Å². The maximum Gasteiger partial charge on any atom is 0.243 e. The second kappa shape index (κ2) is 8.90. The van der Waals surface area contributed by atoms with E-state index in [4.69, 9.17) is 0 Å². The van der Waals surface area contributed by atoms with Gasteiger partial charge in [0.1, 0.15) is 0 Å². The predicted molar refractivity (Wildman–Crippen MR) is 118 cm³/mol. The summed E-state index contributed by atoms with van der Waals surface area (Å²) >= 11 is 0. The highest BCUT2D eigenvalue weighted by molar-refractivity contribution is 7.89. The van der Waals surface area contributed by atoms with Crippen molar-refractivity contribution >= 4 is 15.9 Å². The summed E-state index contributed by atoms with van der Waals surface area (Å²) < 4.78 is 27.3. The van der Waals surface area contributed by atoms with Crippen LogP contribution >= 0.6 is 0 Å². The van der Waals surface area contributed by atoms with Crippen molar-refractivity contribution < 1.29 is 13.2 Å². The van der Waals surface area contributed by atoms with Crippen LogP contribution in [-0.4, -0.2) is 31.7 Å². The molecule has 2 atom stereocenters. The van der Waals surface area contributed by atoms with Crippen LogP contribution in [-0.2, 0) is 27.7 Å². The molecule has 0 bridgehead atoms. The summed E-state index contributed by atoms with van der Waals surface area (Å²) in [6.45, 7) is 2.70. The first-order chi connectivity index (χ1) is 14.4. The van der Waals surface area contributed by atoms with Crippen LogP contribution in [0.2, 0.25) is 0 Å². The van der Waals surface area contributed by atoms with Gasteiger partial charge in [-0.3, -0.25) is 4.79 Å². The first-order valence-corrected chi connectivity index (χ1v) is 12.4. The van der Waals surface area contributed by atoms with Crippen molar-refractivity contribution in [3.05, 3.63) is 65.2 Å². The molecule has 6 heteroatoms. The molecular formula is C24H30N2O3S. The maximum atomic E-state index is 12.9. The largest absolute Gasteiger partial charge is 0.349 e. The summed E-state index contributed by atoms with van der Waals surface area (Å²) in [6, 6.07) is 14.9. The van der Waals surface area contributed by atoms with Crippen LogP contribution in [0.5, 0.6) is 0 Å². The lowest BCUT2D eigenvalue weighted by Crippen LogP contribution is -2.45. The van der Waals surface area contributed by atoms with E-state index in [1.165, 1.54) is 28.3 Å².